The van der Waals surface area contributed by atoms with Crippen LogP contribution in [0.2, 0.25) is 5.02 Å². The van der Waals surface area contributed by atoms with Crippen LogP contribution in [0.1, 0.15) is 32.8 Å². The van der Waals surface area contributed by atoms with Crippen molar-refractivity contribution in [2.24, 2.45) is 0 Å². The third-order valence-electron chi connectivity index (χ3n) is 3.66. The number of nitrogens with zero attached hydrogens (tertiary/aromatic N) is 1. The van der Waals surface area contributed by atoms with Gasteiger partial charge in [0, 0.05) is 29.7 Å². The van der Waals surface area contributed by atoms with Gasteiger partial charge in [-0.2, -0.15) is 0 Å². The van der Waals surface area contributed by atoms with Gasteiger partial charge in [-0.3, -0.25) is 4.90 Å². The van der Waals surface area contributed by atoms with Gasteiger partial charge >= 0.3 is 0 Å². The van der Waals surface area contributed by atoms with Crippen LogP contribution in [0.25, 0.3) is 0 Å². The molecule has 18 heavy (non-hydrogen) atoms. The molecule has 100 valence electrons. The molecule has 0 bridgehead atoms. The molecule has 0 amide bonds. The van der Waals surface area contributed by atoms with Crippen LogP contribution in [0.15, 0.2) is 24.3 Å². The summed E-state index contributed by atoms with van der Waals surface area (Å²) in [6.45, 7) is 10.0. The zero-order valence-electron chi connectivity index (χ0n) is 11.5. The molecule has 1 aromatic rings. The lowest BCUT2D eigenvalue weighted by Crippen LogP contribution is -2.47. The van der Waals surface area contributed by atoms with Crippen molar-refractivity contribution >= 4 is 11.6 Å². The van der Waals surface area contributed by atoms with Crippen molar-refractivity contribution in [1.82, 2.24) is 10.2 Å². The van der Waals surface area contributed by atoms with Crippen LogP contribution in [-0.4, -0.2) is 29.6 Å². The molecule has 3 heteroatoms. The highest BCUT2D eigenvalue weighted by Gasteiger charge is 2.27. The number of benzene rings is 1. The summed E-state index contributed by atoms with van der Waals surface area (Å²) in [6, 6.07) is 8.80. The first kappa shape index (κ1) is 13.9. The van der Waals surface area contributed by atoms with Gasteiger partial charge in [0.2, 0.25) is 0 Å². The summed E-state index contributed by atoms with van der Waals surface area (Å²) >= 11 is 6.06. The summed E-state index contributed by atoms with van der Waals surface area (Å²) in [7, 11) is 0. The second kappa shape index (κ2) is 5.60. The molecule has 0 spiro atoms. The normalized spacial score (nSPS) is 24.8. The fourth-order valence-corrected chi connectivity index (χ4v) is 2.82. The maximum atomic E-state index is 6.06. The minimum Gasteiger partial charge on any atom is -0.310 e. The molecule has 0 aromatic heterocycles. The highest BCUT2D eigenvalue weighted by Crippen LogP contribution is 2.19. The Morgan fingerprint density at radius 1 is 1.44 bits per heavy atom. The fourth-order valence-electron chi connectivity index (χ4n) is 2.60. The van der Waals surface area contributed by atoms with E-state index in [1.54, 1.807) is 0 Å². The predicted octanol–water partition coefficient (Wildman–Crippen LogP) is 3.30. The van der Waals surface area contributed by atoms with Crippen molar-refractivity contribution in [1.29, 1.82) is 0 Å². The van der Waals surface area contributed by atoms with E-state index < -0.39 is 0 Å². The van der Waals surface area contributed by atoms with Crippen molar-refractivity contribution in [3.63, 3.8) is 0 Å². The first-order chi connectivity index (χ1) is 8.46. The lowest BCUT2D eigenvalue weighted by atomic mass is 10.0. The molecule has 1 aliphatic heterocycles. The maximum absolute atomic E-state index is 6.06. The smallest absolute Gasteiger partial charge is 0.0409 e. The highest BCUT2D eigenvalue weighted by molar-refractivity contribution is 6.30. The van der Waals surface area contributed by atoms with Crippen molar-refractivity contribution in [3.8, 4) is 0 Å². The Morgan fingerprint density at radius 2 is 2.22 bits per heavy atom. The molecule has 1 unspecified atom stereocenters. The molecule has 0 aliphatic carbocycles. The van der Waals surface area contributed by atoms with Crippen molar-refractivity contribution < 1.29 is 0 Å². The van der Waals surface area contributed by atoms with Crippen LogP contribution in [0.5, 0.6) is 0 Å². The zero-order valence-corrected chi connectivity index (χ0v) is 12.3. The maximum Gasteiger partial charge on any atom is 0.0409 e. The standard InChI is InChI=1S/C15H23ClN2/c1-12-7-8-17-15(2,3)11-18(12)10-13-5-4-6-14(16)9-13/h4-6,9,12,17H,7-8,10-11H2,1-3H3. The third kappa shape index (κ3) is 3.71. The Hall–Kier alpha value is -0.570. The lowest BCUT2D eigenvalue weighted by molar-refractivity contribution is 0.173. The second-order valence-electron chi connectivity index (χ2n) is 5.98. The Labute approximate surface area is 115 Å². The van der Waals surface area contributed by atoms with Crippen LogP contribution >= 0.6 is 11.6 Å². The topological polar surface area (TPSA) is 15.3 Å². The van der Waals surface area contributed by atoms with Crippen molar-refractivity contribution in [2.75, 3.05) is 13.1 Å². The summed E-state index contributed by atoms with van der Waals surface area (Å²) in [4.78, 5) is 2.55. The molecule has 1 aliphatic rings. The van der Waals surface area contributed by atoms with Gasteiger partial charge in [0.15, 0.2) is 0 Å². The lowest BCUT2D eigenvalue weighted by Gasteiger charge is -2.33. The van der Waals surface area contributed by atoms with Crippen molar-refractivity contribution in [2.45, 2.75) is 45.3 Å². The summed E-state index contributed by atoms with van der Waals surface area (Å²) in [5.74, 6) is 0. The van der Waals surface area contributed by atoms with Crippen molar-refractivity contribution in [3.05, 3.63) is 34.9 Å². The van der Waals surface area contributed by atoms with Crippen LogP contribution in [-0.2, 0) is 6.54 Å². The zero-order chi connectivity index (χ0) is 13.2. The third-order valence-corrected chi connectivity index (χ3v) is 3.90. The Balaban J connectivity index is 2.10. The van der Waals surface area contributed by atoms with Gasteiger partial charge in [-0.1, -0.05) is 23.7 Å². The molecule has 2 rings (SSSR count). The SMILES string of the molecule is CC1CCNC(C)(C)CN1Cc1cccc(Cl)c1. The number of halogens is 1. The van der Waals surface area contributed by atoms with E-state index in [1.807, 2.05) is 12.1 Å². The van der Waals surface area contributed by atoms with Gasteiger partial charge in [-0.25, -0.2) is 0 Å². The number of rotatable bonds is 2. The molecule has 2 nitrogen and oxygen atoms in total. The van der Waals surface area contributed by atoms with E-state index in [1.165, 1.54) is 12.0 Å². The van der Waals surface area contributed by atoms with E-state index >= 15 is 0 Å². The Morgan fingerprint density at radius 3 is 2.94 bits per heavy atom. The van der Waals surface area contributed by atoms with E-state index in [9.17, 15) is 0 Å². The number of nitrogens with one attached hydrogen (secondary N) is 1. The summed E-state index contributed by atoms with van der Waals surface area (Å²) < 4.78 is 0. The Bertz CT molecular complexity index is 403. The first-order valence-corrected chi connectivity index (χ1v) is 7.08. The van der Waals surface area contributed by atoms with E-state index in [0.717, 1.165) is 24.7 Å². The number of hydrogen-bond donors (Lipinski definition) is 1. The molecule has 0 saturated carbocycles. The van der Waals surface area contributed by atoms with E-state index in [2.05, 4.69) is 43.1 Å². The predicted molar refractivity (Wildman–Crippen MR) is 78.0 cm³/mol. The molecule has 1 atom stereocenters. The van der Waals surface area contributed by atoms with Crippen LogP contribution in [0, 0.1) is 0 Å². The van der Waals surface area contributed by atoms with Crippen LogP contribution < -0.4 is 5.32 Å². The highest BCUT2D eigenvalue weighted by atomic mass is 35.5. The van der Waals surface area contributed by atoms with E-state index in [0.29, 0.717) is 6.04 Å². The van der Waals surface area contributed by atoms with Gasteiger partial charge < -0.3 is 5.32 Å². The largest absolute Gasteiger partial charge is 0.310 e. The summed E-state index contributed by atoms with van der Waals surface area (Å²) in [6.07, 6.45) is 1.20. The van der Waals surface area contributed by atoms with Crippen LogP contribution in [0.3, 0.4) is 0 Å². The average molecular weight is 267 g/mol. The van der Waals surface area contributed by atoms with Crippen LogP contribution in [0.4, 0.5) is 0 Å². The van der Waals surface area contributed by atoms with Gasteiger partial charge in [0.25, 0.3) is 0 Å². The Kier molecular flexibility index (Phi) is 4.31. The molecule has 1 N–H and O–H groups in total. The average Bonchev–Trinajstić information content (AvgIpc) is 2.38. The fraction of sp³-hybridized carbons (Fsp3) is 0.600. The monoisotopic (exact) mass is 266 g/mol. The first-order valence-electron chi connectivity index (χ1n) is 6.70. The number of hydrogen-bond acceptors (Lipinski definition) is 2. The minimum atomic E-state index is 0.184. The molecule has 1 heterocycles. The molecule has 0 radical (unpaired) electrons. The minimum absolute atomic E-state index is 0.184. The van der Waals surface area contributed by atoms with Gasteiger partial charge in [0.05, 0.1) is 0 Å². The molecule has 1 aromatic carbocycles. The molecular formula is C15H23ClN2. The molecule has 1 fully saturated rings. The van der Waals surface area contributed by atoms with E-state index in [-0.39, 0.29) is 5.54 Å². The summed E-state index contributed by atoms with van der Waals surface area (Å²) in [5, 5.41) is 4.44. The van der Waals surface area contributed by atoms with Gasteiger partial charge in [-0.05, 0) is 51.4 Å². The summed E-state index contributed by atoms with van der Waals surface area (Å²) in [5.41, 5.74) is 1.48. The molecule has 1 saturated heterocycles. The van der Waals surface area contributed by atoms with E-state index in [4.69, 9.17) is 11.6 Å². The van der Waals surface area contributed by atoms with Gasteiger partial charge in [-0.15, -0.1) is 0 Å². The molecular weight excluding hydrogens is 244 g/mol. The quantitative estimate of drug-likeness (QED) is 0.884. The van der Waals surface area contributed by atoms with Gasteiger partial charge in [0.1, 0.15) is 0 Å². The second-order valence-corrected chi connectivity index (χ2v) is 6.42.